The number of ether oxygens (including phenoxy) is 2. The molecule has 1 fully saturated rings. The number of non-ortho nitro benzene ring substituents is 1. The summed E-state index contributed by atoms with van der Waals surface area (Å²) in [6, 6.07) is 20.2. The number of nitro groups is 1. The second kappa shape index (κ2) is 10.2. The quantitative estimate of drug-likeness (QED) is 0.230. The van der Waals surface area contributed by atoms with Crippen LogP contribution >= 0.6 is 11.8 Å². The molecule has 0 radical (unpaired) electrons. The Morgan fingerprint density at radius 2 is 1.76 bits per heavy atom. The van der Waals surface area contributed by atoms with Crippen molar-refractivity contribution in [2.24, 2.45) is 0 Å². The molecule has 9 heteroatoms. The Kier molecular flexibility index (Phi) is 6.93. The maximum atomic E-state index is 12.8. The predicted octanol–water partition coefficient (Wildman–Crippen LogP) is 5.81. The highest BCUT2D eigenvalue weighted by Crippen LogP contribution is 2.37. The van der Waals surface area contributed by atoms with E-state index in [1.165, 1.54) is 12.1 Å². The highest BCUT2D eigenvalue weighted by atomic mass is 32.2. The Bertz CT molecular complexity index is 1280. The van der Waals surface area contributed by atoms with Gasteiger partial charge in [0.1, 0.15) is 6.61 Å². The summed E-state index contributed by atoms with van der Waals surface area (Å²) in [6.45, 7) is 2.35. The first-order valence-corrected chi connectivity index (χ1v) is 11.2. The maximum absolute atomic E-state index is 12.8. The number of rotatable bonds is 8. The molecule has 3 aromatic carbocycles. The fourth-order valence-corrected chi connectivity index (χ4v) is 4.18. The zero-order chi connectivity index (χ0) is 24.1. The largest absolute Gasteiger partial charge is 0.490 e. The topological polar surface area (TPSA) is 99.0 Å². The van der Waals surface area contributed by atoms with Gasteiger partial charge in [0, 0.05) is 12.1 Å². The first-order chi connectivity index (χ1) is 16.5. The molecule has 2 amide bonds. The van der Waals surface area contributed by atoms with E-state index in [0.29, 0.717) is 39.8 Å². The van der Waals surface area contributed by atoms with Gasteiger partial charge in [-0.2, -0.15) is 0 Å². The molecule has 0 bridgehead atoms. The molecule has 1 aliphatic rings. The molecule has 8 nitrogen and oxygen atoms in total. The molecule has 0 atom stereocenters. The summed E-state index contributed by atoms with van der Waals surface area (Å²) in [5.41, 5.74) is 1.83. The minimum Gasteiger partial charge on any atom is -0.490 e. The fourth-order valence-electron chi connectivity index (χ4n) is 3.34. The molecular formula is C25H20N2O6S. The molecule has 172 valence electrons. The van der Waals surface area contributed by atoms with E-state index in [9.17, 15) is 19.7 Å². The zero-order valence-electron chi connectivity index (χ0n) is 18.2. The van der Waals surface area contributed by atoms with Crippen LogP contribution in [0.4, 0.5) is 16.2 Å². The van der Waals surface area contributed by atoms with E-state index in [2.05, 4.69) is 0 Å². The van der Waals surface area contributed by atoms with Crippen LogP contribution in [0.5, 0.6) is 11.5 Å². The number of carbonyl (C=O) groups is 2. The van der Waals surface area contributed by atoms with E-state index in [0.717, 1.165) is 16.7 Å². The summed E-state index contributed by atoms with van der Waals surface area (Å²) in [5, 5.41) is 10.6. The number of para-hydroxylation sites is 1. The van der Waals surface area contributed by atoms with Crippen molar-refractivity contribution in [3.05, 3.63) is 98.9 Å². The molecule has 0 unspecified atom stereocenters. The molecule has 1 saturated heterocycles. The molecule has 0 saturated carbocycles. The van der Waals surface area contributed by atoms with Gasteiger partial charge in [-0.3, -0.25) is 19.7 Å². The van der Waals surface area contributed by atoms with Crippen LogP contribution < -0.4 is 14.4 Å². The number of hydrogen-bond acceptors (Lipinski definition) is 7. The van der Waals surface area contributed by atoms with Gasteiger partial charge in [-0.1, -0.05) is 36.4 Å². The van der Waals surface area contributed by atoms with Crippen molar-refractivity contribution in [2.75, 3.05) is 11.5 Å². The second-order valence-electron chi connectivity index (χ2n) is 7.21. The zero-order valence-corrected chi connectivity index (χ0v) is 19.0. The third-order valence-electron chi connectivity index (χ3n) is 4.89. The van der Waals surface area contributed by atoms with E-state index >= 15 is 0 Å². The van der Waals surface area contributed by atoms with Gasteiger partial charge in [0.2, 0.25) is 0 Å². The molecule has 0 aliphatic carbocycles. The number of benzene rings is 3. The van der Waals surface area contributed by atoms with Gasteiger partial charge >= 0.3 is 0 Å². The SMILES string of the molecule is CCOc1cc(/C=C2/SC(=O)N(c3ccccc3)C2=O)ccc1OCc1cccc([N+](=O)[O-])c1. The number of anilines is 1. The van der Waals surface area contributed by atoms with Crippen LogP contribution in [-0.4, -0.2) is 22.7 Å². The Hall–Kier alpha value is -4.11. The normalized spacial score (nSPS) is 14.5. The molecule has 0 aromatic heterocycles. The van der Waals surface area contributed by atoms with E-state index < -0.39 is 4.92 Å². The van der Waals surface area contributed by atoms with Crippen molar-refractivity contribution in [2.45, 2.75) is 13.5 Å². The smallest absolute Gasteiger partial charge is 0.298 e. The predicted molar refractivity (Wildman–Crippen MR) is 130 cm³/mol. The summed E-state index contributed by atoms with van der Waals surface area (Å²) < 4.78 is 11.5. The number of hydrogen-bond donors (Lipinski definition) is 0. The van der Waals surface area contributed by atoms with E-state index in [-0.39, 0.29) is 23.4 Å². The average molecular weight is 477 g/mol. The summed E-state index contributed by atoms with van der Waals surface area (Å²) in [6.07, 6.45) is 1.64. The number of amides is 2. The molecule has 34 heavy (non-hydrogen) atoms. The van der Waals surface area contributed by atoms with Crippen molar-refractivity contribution in [3.63, 3.8) is 0 Å². The Morgan fingerprint density at radius 3 is 2.50 bits per heavy atom. The summed E-state index contributed by atoms with van der Waals surface area (Å²) >= 11 is 0.877. The third-order valence-corrected chi connectivity index (χ3v) is 5.76. The van der Waals surface area contributed by atoms with Gasteiger partial charge in [0.25, 0.3) is 16.8 Å². The van der Waals surface area contributed by atoms with Crippen molar-refractivity contribution in [1.29, 1.82) is 0 Å². The van der Waals surface area contributed by atoms with Crippen molar-refractivity contribution < 1.29 is 24.0 Å². The summed E-state index contributed by atoms with van der Waals surface area (Å²) in [4.78, 5) is 37.3. The molecule has 0 N–H and O–H groups in total. The van der Waals surface area contributed by atoms with Crippen molar-refractivity contribution in [1.82, 2.24) is 0 Å². The number of nitro benzene ring substituents is 1. The summed E-state index contributed by atoms with van der Waals surface area (Å²) in [5.74, 6) is 0.539. The van der Waals surface area contributed by atoms with Crippen LogP contribution in [0.15, 0.2) is 77.7 Å². The van der Waals surface area contributed by atoms with Crippen LogP contribution in [0.25, 0.3) is 6.08 Å². The van der Waals surface area contributed by atoms with Gasteiger partial charge in [-0.05, 0) is 60.2 Å². The lowest BCUT2D eigenvalue weighted by Crippen LogP contribution is -2.27. The van der Waals surface area contributed by atoms with Crippen LogP contribution in [-0.2, 0) is 11.4 Å². The van der Waals surface area contributed by atoms with E-state index in [4.69, 9.17) is 9.47 Å². The lowest BCUT2D eigenvalue weighted by Gasteiger charge is -2.13. The lowest BCUT2D eigenvalue weighted by molar-refractivity contribution is -0.384. The lowest BCUT2D eigenvalue weighted by atomic mass is 10.1. The highest BCUT2D eigenvalue weighted by Gasteiger charge is 2.36. The first kappa shape index (κ1) is 23.1. The molecular weight excluding hydrogens is 456 g/mol. The van der Waals surface area contributed by atoms with Gasteiger partial charge in [0.05, 0.1) is 22.1 Å². The number of carbonyl (C=O) groups excluding carboxylic acids is 2. The summed E-state index contributed by atoms with van der Waals surface area (Å²) in [7, 11) is 0. The van der Waals surface area contributed by atoms with Crippen molar-refractivity contribution in [3.8, 4) is 11.5 Å². The fraction of sp³-hybridized carbons (Fsp3) is 0.120. The maximum Gasteiger partial charge on any atom is 0.298 e. The molecule has 1 heterocycles. The standard InChI is InChI=1S/C25H20N2O6S/c1-2-32-22-14-17(11-12-21(22)33-16-18-7-6-10-20(13-18)27(30)31)15-23-24(28)26(25(29)34-23)19-8-4-3-5-9-19/h3-15H,2,16H2,1H3/b23-15+. The van der Waals surface area contributed by atoms with Gasteiger partial charge in [-0.15, -0.1) is 0 Å². The van der Waals surface area contributed by atoms with Crippen LogP contribution in [0.2, 0.25) is 0 Å². The minimum atomic E-state index is -0.455. The van der Waals surface area contributed by atoms with Crippen molar-refractivity contribution >= 4 is 40.4 Å². The Balaban J connectivity index is 1.54. The Labute approximate surface area is 199 Å². The van der Waals surface area contributed by atoms with Gasteiger partial charge in [0.15, 0.2) is 11.5 Å². The Morgan fingerprint density at radius 1 is 0.971 bits per heavy atom. The van der Waals surface area contributed by atoms with Gasteiger partial charge in [-0.25, -0.2) is 4.90 Å². The average Bonchev–Trinajstić information content (AvgIpc) is 3.12. The molecule has 4 rings (SSSR count). The first-order valence-electron chi connectivity index (χ1n) is 10.4. The van der Waals surface area contributed by atoms with Crippen LogP contribution in [0.1, 0.15) is 18.1 Å². The number of nitrogens with zero attached hydrogens (tertiary/aromatic N) is 2. The van der Waals surface area contributed by atoms with Crippen LogP contribution in [0, 0.1) is 10.1 Å². The number of imide groups is 1. The van der Waals surface area contributed by atoms with E-state index in [1.54, 1.807) is 60.7 Å². The molecule has 3 aromatic rings. The monoisotopic (exact) mass is 476 g/mol. The number of thioether (sulfide) groups is 1. The second-order valence-corrected chi connectivity index (χ2v) is 8.20. The van der Waals surface area contributed by atoms with E-state index in [1.807, 2.05) is 13.0 Å². The minimum absolute atomic E-state index is 0.00840. The highest BCUT2D eigenvalue weighted by molar-refractivity contribution is 8.19. The van der Waals surface area contributed by atoms with Crippen LogP contribution in [0.3, 0.4) is 0 Å². The molecule has 0 spiro atoms. The molecule has 1 aliphatic heterocycles. The third kappa shape index (κ3) is 5.10. The van der Waals surface area contributed by atoms with Gasteiger partial charge < -0.3 is 9.47 Å².